The molecule has 4 aromatic rings. The van der Waals surface area contributed by atoms with Gasteiger partial charge in [-0.25, -0.2) is 4.79 Å². The van der Waals surface area contributed by atoms with Gasteiger partial charge >= 0.3 is 5.97 Å². The van der Waals surface area contributed by atoms with E-state index < -0.39 is 17.9 Å². The largest absolute Gasteiger partial charge is 0.494 e. The predicted octanol–water partition coefficient (Wildman–Crippen LogP) is 7.28. The van der Waals surface area contributed by atoms with Gasteiger partial charge in [-0.2, -0.15) is 5.10 Å². The second-order valence-corrected chi connectivity index (χ2v) is 13.5. The zero-order valence-corrected chi connectivity index (χ0v) is 30.5. The molecule has 2 amide bonds. The number of hydrogen-bond acceptors (Lipinski definition) is 6. The summed E-state index contributed by atoms with van der Waals surface area (Å²) in [6.07, 6.45) is 2.36. The Balaban J connectivity index is 1.34. The molecule has 2 aromatic carbocycles. The molecule has 0 bridgehead atoms. The summed E-state index contributed by atoms with van der Waals surface area (Å²) in [6, 6.07) is 12.1. The minimum absolute atomic E-state index is 0.0186. The number of aromatic nitrogens is 2. The molecule has 0 radical (unpaired) electrons. The van der Waals surface area contributed by atoms with Crippen LogP contribution in [-0.4, -0.2) is 45.3 Å². The first-order valence-electron chi connectivity index (χ1n) is 17.0. The maximum atomic E-state index is 13.9. The number of carboxylic acid groups (broad SMARTS) is 1. The number of ether oxygens (including phenoxy) is 1. The Morgan fingerprint density at radius 1 is 1.06 bits per heavy atom. The summed E-state index contributed by atoms with van der Waals surface area (Å²) in [5, 5.41) is 20.5. The molecule has 5 rings (SSSR count). The van der Waals surface area contributed by atoms with Crippen LogP contribution in [0, 0.1) is 33.6 Å². The summed E-state index contributed by atoms with van der Waals surface area (Å²) in [7, 11) is 1.93. The third kappa shape index (κ3) is 7.65. The number of amides is 2. The molecule has 0 spiro atoms. The monoisotopic (exact) mass is 700 g/mol. The van der Waals surface area contributed by atoms with Gasteiger partial charge in [-0.15, -0.1) is 0 Å². The highest BCUT2D eigenvalue weighted by atomic mass is 35.5. The molecule has 2 aromatic heterocycles. The Bertz CT molecular complexity index is 1950. The van der Waals surface area contributed by atoms with Crippen molar-refractivity contribution in [2.75, 3.05) is 6.61 Å². The topological polar surface area (TPSA) is 136 Å². The number of halogens is 1. The highest BCUT2D eigenvalue weighted by molar-refractivity contribution is 6.32. The van der Waals surface area contributed by atoms with Crippen LogP contribution in [0.4, 0.5) is 0 Å². The van der Waals surface area contributed by atoms with Crippen LogP contribution >= 0.6 is 11.6 Å². The Hall–Kier alpha value is -4.83. The van der Waals surface area contributed by atoms with Crippen LogP contribution < -0.4 is 15.4 Å². The third-order valence-corrected chi connectivity index (χ3v) is 10.2. The molecular weight excluding hydrogens is 656 g/mol. The summed E-state index contributed by atoms with van der Waals surface area (Å²) >= 11 is 6.34. The maximum absolute atomic E-state index is 13.9. The van der Waals surface area contributed by atoms with Crippen molar-refractivity contribution in [3.63, 3.8) is 0 Å². The second-order valence-electron chi connectivity index (χ2n) is 13.1. The number of rotatable bonds is 14. The average Bonchev–Trinajstić information content (AvgIpc) is 3.78. The van der Waals surface area contributed by atoms with Gasteiger partial charge in [0.1, 0.15) is 17.6 Å². The second kappa shape index (κ2) is 15.4. The fraction of sp³-hybridized carbons (Fsp3) is 0.385. The lowest BCUT2D eigenvalue weighted by Crippen LogP contribution is -2.44. The van der Waals surface area contributed by atoms with Gasteiger partial charge in [0.05, 0.1) is 18.8 Å². The van der Waals surface area contributed by atoms with E-state index in [1.807, 2.05) is 64.5 Å². The van der Waals surface area contributed by atoms with Gasteiger partial charge < -0.3 is 24.9 Å². The van der Waals surface area contributed by atoms with Crippen LogP contribution in [0.2, 0.25) is 5.02 Å². The number of benzene rings is 2. The van der Waals surface area contributed by atoms with E-state index in [0.29, 0.717) is 43.6 Å². The standard InChI is InChI=1S/C39H45ClN4O6/c1-8-21(2)36(39(47)48)42-38(46)33-15-14-26(50-33)20-41-37(45)32-19-31-28(11-9-12-30(31)34-24(5)43-44(7)25(34)6)29(32)13-10-16-49-27-17-22(3)35(40)23(4)18-27/h9,11-12,14-15,17-18,21,36H,8,10,13,16,19-20H2,1-7H3,(H,41,45)(H,42,46)(H,47,48)/t21-,36-/m0/s1. The highest BCUT2D eigenvalue weighted by Gasteiger charge is 2.30. The van der Waals surface area contributed by atoms with E-state index in [1.54, 1.807) is 13.0 Å². The molecule has 2 atom stereocenters. The van der Waals surface area contributed by atoms with E-state index in [4.69, 9.17) is 20.8 Å². The molecule has 0 aliphatic heterocycles. The zero-order valence-electron chi connectivity index (χ0n) is 29.7. The number of carbonyl (C=O) groups excluding carboxylic acids is 2. The lowest BCUT2D eigenvalue weighted by atomic mass is 9.93. The first kappa shape index (κ1) is 36.5. The highest BCUT2D eigenvalue weighted by Crippen LogP contribution is 2.42. The molecule has 0 unspecified atom stereocenters. The van der Waals surface area contributed by atoms with E-state index >= 15 is 0 Å². The van der Waals surface area contributed by atoms with Crippen LogP contribution in [0.25, 0.3) is 16.7 Å². The summed E-state index contributed by atoms with van der Waals surface area (Å²) in [6.45, 7) is 12.1. The van der Waals surface area contributed by atoms with Gasteiger partial charge in [-0.1, -0.05) is 50.1 Å². The lowest BCUT2D eigenvalue weighted by molar-refractivity contribution is -0.140. The van der Waals surface area contributed by atoms with E-state index in [-0.39, 0.29) is 24.1 Å². The van der Waals surface area contributed by atoms with Crippen LogP contribution in [0.5, 0.6) is 5.75 Å². The first-order valence-corrected chi connectivity index (χ1v) is 17.3. The molecule has 11 heteroatoms. The molecule has 1 aliphatic rings. The van der Waals surface area contributed by atoms with Crippen molar-refractivity contribution >= 4 is 35.0 Å². The van der Waals surface area contributed by atoms with Crippen LogP contribution in [0.15, 0.2) is 52.5 Å². The van der Waals surface area contributed by atoms with Crippen molar-refractivity contribution in [3.8, 4) is 16.9 Å². The molecule has 0 fully saturated rings. The lowest BCUT2D eigenvalue weighted by Gasteiger charge is -2.19. The van der Waals surface area contributed by atoms with E-state index in [9.17, 15) is 19.5 Å². The minimum atomic E-state index is -1.10. The smallest absolute Gasteiger partial charge is 0.326 e. The van der Waals surface area contributed by atoms with Crippen LogP contribution in [-0.2, 0) is 29.6 Å². The SMILES string of the molecule is CC[C@H](C)[C@H](NC(=O)c1ccc(CNC(=O)C2=C(CCCOc3cc(C)c(Cl)c(C)c3)c3cccc(-c4c(C)nn(C)c4C)c3C2)o1)C(=O)O. The van der Waals surface area contributed by atoms with Gasteiger partial charge in [0.15, 0.2) is 5.76 Å². The van der Waals surface area contributed by atoms with Crippen molar-refractivity contribution in [1.29, 1.82) is 0 Å². The van der Waals surface area contributed by atoms with Crippen molar-refractivity contribution in [1.82, 2.24) is 20.4 Å². The summed E-state index contributed by atoms with van der Waals surface area (Å²) in [4.78, 5) is 38.4. The molecule has 50 heavy (non-hydrogen) atoms. The molecule has 0 saturated carbocycles. The van der Waals surface area contributed by atoms with Crippen molar-refractivity contribution in [3.05, 3.63) is 98.2 Å². The number of nitrogens with one attached hydrogen (secondary N) is 2. The van der Waals surface area contributed by atoms with Crippen LogP contribution in [0.3, 0.4) is 0 Å². The number of carbonyl (C=O) groups is 3. The Morgan fingerprint density at radius 3 is 2.40 bits per heavy atom. The number of aryl methyl sites for hydroxylation is 4. The zero-order chi connectivity index (χ0) is 36.3. The average molecular weight is 701 g/mol. The minimum Gasteiger partial charge on any atom is -0.494 e. The summed E-state index contributed by atoms with van der Waals surface area (Å²) in [5.74, 6) is -1.09. The number of allylic oxidation sites excluding steroid dienone is 1. The van der Waals surface area contributed by atoms with E-state index in [2.05, 4.69) is 27.9 Å². The summed E-state index contributed by atoms with van der Waals surface area (Å²) < 4.78 is 13.7. The molecule has 1 aliphatic carbocycles. The Morgan fingerprint density at radius 2 is 1.76 bits per heavy atom. The molecule has 264 valence electrons. The van der Waals surface area contributed by atoms with Crippen molar-refractivity contribution in [2.24, 2.45) is 13.0 Å². The van der Waals surface area contributed by atoms with Crippen molar-refractivity contribution < 1.29 is 28.6 Å². The number of nitrogens with zero attached hydrogens (tertiary/aromatic N) is 2. The number of hydrogen-bond donors (Lipinski definition) is 3. The Kier molecular flexibility index (Phi) is 11.2. The van der Waals surface area contributed by atoms with Gasteiger partial charge in [0.25, 0.3) is 5.91 Å². The molecule has 2 heterocycles. The molecule has 3 N–H and O–H groups in total. The normalized spacial score (nSPS) is 13.6. The van der Waals surface area contributed by atoms with Crippen LogP contribution in [0.1, 0.15) is 83.1 Å². The predicted molar refractivity (Wildman–Crippen MR) is 193 cm³/mol. The van der Waals surface area contributed by atoms with Gasteiger partial charge in [0.2, 0.25) is 5.91 Å². The number of aliphatic carboxylic acids is 1. The number of furan rings is 1. The van der Waals surface area contributed by atoms with Gasteiger partial charge in [0, 0.05) is 35.3 Å². The first-order chi connectivity index (χ1) is 23.8. The third-order valence-electron chi connectivity index (χ3n) is 9.60. The van der Waals surface area contributed by atoms with E-state index in [1.165, 1.54) is 6.07 Å². The fourth-order valence-corrected chi connectivity index (χ4v) is 6.71. The number of carboxylic acids is 1. The van der Waals surface area contributed by atoms with E-state index in [0.717, 1.165) is 61.1 Å². The van der Waals surface area contributed by atoms with Gasteiger partial charge in [-0.3, -0.25) is 14.3 Å². The molecule has 10 nitrogen and oxygen atoms in total. The molecular formula is C39H45ClN4O6. The van der Waals surface area contributed by atoms with Gasteiger partial charge in [-0.05, 0) is 104 Å². The fourth-order valence-electron chi connectivity index (χ4n) is 6.60. The van der Waals surface area contributed by atoms with Crippen molar-refractivity contribution in [2.45, 2.75) is 79.8 Å². The number of fused-ring (bicyclic) bond motifs is 1. The molecule has 0 saturated heterocycles. The Labute approximate surface area is 297 Å². The quantitative estimate of drug-likeness (QED) is 0.118. The maximum Gasteiger partial charge on any atom is 0.326 e. The summed E-state index contributed by atoms with van der Waals surface area (Å²) in [5.41, 5.74) is 9.80.